The van der Waals surface area contributed by atoms with E-state index >= 15 is 0 Å². The minimum absolute atomic E-state index is 0.125. The van der Waals surface area contributed by atoms with Crippen molar-refractivity contribution in [3.63, 3.8) is 0 Å². The highest BCUT2D eigenvalue weighted by Crippen LogP contribution is 2.18. The number of rotatable bonds is 5. The molecule has 0 atom stereocenters. The number of hydrogen-bond donors (Lipinski definition) is 1. The zero-order valence-corrected chi connectivity index (χ0v) is 10.8. The Labute approximate surface area is 110 Å². The van der Waals surface area contributed by atoms with Crippen molar-refractivity contribution in [1.29, 1.82) is 0 Å². The molecule has 0 amide bonds. The highest BCUT2D eigenvalue weighted by atomic mass is 35.5. The summed E-state index contributed by atoms with van der Waals surface area (Å²) in [5.74, 6) is 0.294. The van der Waals surface area contributed by atoms with Crippen molar-refractivity contribution in [2.45, 2.75) is 20.0 Å². The molecule has 0 fully saturated rings. The largest absolute Gasteiger partial charge is 0.310 e. The van der Waals surface area contributed by atoms with Gasteiger partial charge in [0.1, 0.15) is 12.1 Å². The van der Waals surface area contributed by atoms with Gasteiger partial charge in [-0.25, -0.2) is 14.1 Å². The van der Waals surface area contributed by atoms with Crippen molar-refractivity contribution >= 4 is 11.6 Å². The van der Waals surface area contributed by atoms with Gasteiger partial charge in [-0.15, -0.1) is 0 Å². The smallest absolute Gasteiger partial charge is 0.164 e. The van der Waals surface area contributed by atoms with Crippen LogP contribution in [-0.4, -0.2) is 21.3 Å². The van der Waals surface area contributed by atoms with Crippen LogP contribution < -0.4 is 5.32 Å². The molecule has 1 aromatic heterocycles. The lowest BCUT2D eigenvalue weighted by Gasteiger charge is -2.04. The van der Waals surface area contributed by atoms with Crippen LogP contribution >= 0.6 is 11.6 Å². The molecule has 96 valence electrons. The van der Waals surface area contributed by atoms with E-state index in [-0.39, 0.29) is 5.02 Å². The molecule has 1 N–H and O–H groups in total. The number of halogens is 2. The Kier molecular flexibility index (Phi) is 4.28. The average molecular weight is 269 g/mol. The van der Waals surface area contributed by atoms with Crippen LogP contribution in [0.2, 0.25) is 5.02 Å². The molecule has 0 saturated carbocycles. The van der Waals surface area contributed by atoms with Crippen LogP contribution in [0.25, 0.3) is 0 Å². The van der Waals surface area contributed by atoms with Crippen molar-refractivity contribution in [2.75, 3.05) is 6.54 Å². The van der Waals surface area contributed by atoms with E-state index in [1.807, 2.05) is 6.92 Å². The Morgan fingerprint density at radius 2 is 2.28 bits per heavy atom. The maximum absolute atomic E-state index is 13.7. The highest BCUT2D eigenvalue weighted by molar-refractivity contribution is 6.30. The summed E-state index contributed by atoms with van der Waals surface area (Å²) in [6.45, 7) is 3.81. The third-order valence-electron chi connectivity index (χ3n) is 2.48. The zero-order chi connectivity index (χ0) is 13.0. The molecular formula is C12H14ClFN4. The Balaban J connectivity index is 2.09. The van der Waals surface area contributed by atoms with Gasteiger partial charge in [-0.3, -0.25) is 0 Å². The van der Waals surface area contributed by atoms with E-state index in [0.717, 1.165) is 6.54 Å². The Bertz CT molecular complexity index is 527. The van der Waals surface area contributed by atoms with E-state index < -0.39 is 5.82 Å². The van der Waals surface area contributed by atoms with Crippen LogP contribution in [0.1, 0.15) is 18.3 Å². The first-order valence-corrected chi connectivity index (χ1v) is 6.10. The first kappa shape index (κ1) is 13.0. The number of nitrogens with zero attached hydrogens (tertiary/aromatic N) is 3. The van der Waals surface area contributed by atoms with Crippen LogP contribution in [0, 0.1) is 5.82 Å². The number of aromatic nitrogens is 3. The van der Waals surface area contributed by atoms with Gasteiger partial charge in [0.2, 0.25) is 0 Å². The topological polar surface area (TPSA) is 42.7 Å². The van der Waals surface area contributed by atoms with Crippen molar-refractivity contribution in [3.05, 3.63) is 46.8 Å². The van der Waals surface area contributed by atoms with E-state index in [1.165, 1.54) is 6.07 Å². The average Bonchev–Trinajstić information content (AvgIpc) is 2.80. The van der Waals surface area contributed by atoms with Crippen LogP contribution in [0.15, 0.2) is 24.5 Å². The second-order valence-electron chi connectivity index (χ2n) is 3.85. The van der Waals surface area contributed by atoms with E-state index in [0.29, 0.717) is 24.5 Å². The Morgan fingerprint density at radius 1 is 1.44 bits per heavy atom. The molecule has 0 unspecified atom stereocenters. The molecule has 0 saturated heterocycles. The molecule has 2 rings (SSSR count). The maximum Gasteiger partial charge on any atom is 0.164 e. The molecule has 1 heterocycles. The SMILES string of the molecule is CCNCc1ncn(Cc2cccc(Cl)c2F)n1. The standard InChI is InChI=1S/C12H14ClFN4/c1-2-15-6-11-16-8-18(17-11)7-9-4-3-5-10(13)12(9)14/h3-5,8,15H,2,6-7H2,1H3. The molecule has 0 aliphatic carbocycles. The molecule has 0 spiro atoms. The quantitative estimate of drug-likeness (QED) is 0.904. The fourth-order valence-corrected chi connectivity index (χ4v) is 1.77. The molecule has 1 aromatic carbocycles. The lowest BCUT2D eigenvalue weighted by molar-refractivity contribution is 0.580. The van der Waals surface area contributed by atoms with Gasteiger partial charge in [-0.1, -0.05) is 30.7 Å². The van der Waals surface area contributed by atoms with Gasteiger partial charge < -0.3 is 5.32 Å². The van der Waals surface area contributed by atoms with Crippen LogP contribution in [0.5, 0.6) is 0 Å². The molecule has 0 aliphatic rings. The summed E-state index contributed by atoms with van der Waals surface area (Å²) in [6, 6.07) is 4.93. The van der Waals surface area contributed by atoms with Gasteiger partial charge >= 0.3 is 0 Å². The molecule has 6 heteroatoms. The van der Waals surface area contributed by atoms with E-state index in [4.69, 9.17) is 11.6 Å². The van der Waals surface area contributed by atoms with E-state index in [9.17, 15) is 4.39 Å². The van der Waals surface area contributed by atoms with Gasteiger partial charge in [-0.2, -0.15) is 5.10 Å². The second kappa shape index (κ2) is 5.93. The van der Waals surface area contributed by atoms with Crippen molar-refractivity contribution in [2.24, 2.45) is 0 Å². The first-order valence-electron chi connectivity index (χ1n) is 5.72. The summed E-state index contributed by atoms with van der Waals surface area (Å²) in [6.07, 6.45) is 1.59. The predicted molar refractivity (Wildman–Crippen MR) is 67.9 cm³/mol. The second-order valence-corrected chi connectivity index (χ2v) is 4.26. The van der Waals surface area contributed by atoms with Gasteiger partial charge in [0.25, 0.3) is 0 Å². The highest BCUT2D eigenvalue weighted by Gasteiger charge is 2.08. The van der Waals surface area contributed by atoms with Crippen LogP contribution in [-0.2, 0) is 13.1 Å². The summed E-state index contributed by atoms with van der Waals surface area (Å²) >= 11 is 5.72. The minimum Gasteiger partial charge on any atom is -0.310 e. The minimum atomic E-state index is -0.400. The summed E-state index contributed by atoms with van der Waals surface area (Å²) in [5.41, 5.74) is 0.502. The third kappa shape index (κ3) is 3.05. The summed E-state index contributed by atoms with van der Waals surface area (Å²) in [5, 5.41) is 7.50. The lowest BCUT2D eigenvalue weighted by atomic mass is 10.2. The molecule has 2 aromatic rings. The monoisotopic (exact) mass is 268 g/mol. The number of hydrogen-bond acceptors (Lipinski definition) is 3. The Morgan fingerprint density at radius 3 is 3.06 bits per heavy atom. The van der Waals surface area contributed by atoms with Crippen molar-refractivity contribution < 1.29 is 4.39 Å². The zero-order valence-electron chi connectivity index (χ0n) is 10.0. The van der Waals surface area contributed by atoms with E-state index in [1.54, 1.807) is 23.1 Å². The van der Waals surface area contributed by atoms with Crippen LogP contribution in [0.4, 0.5) is 4.39 Å². The molecule has 4 nitrogen and oxygen atoms in total. The molecule has 0 radical (unpaired) electrons. The predicted octanol–water partition coefficient (Wildman–Crippen LogP) is 2.23. The van der Waals surface area contributed by atoms with Crippen LogP contribution in [0.3, 0.4) is 0 Å². The summed E-state index contributed by atoms with van der Waals surface area (Å²) in [7, 11) is 0. The fourth-order valence-electron chi connectivity index (χ4n) is 1.57. The van der Waals surface area contributed by atoms with Crippen molar-refractivity contribution in [1.82, 2.24) is 20.1 Å². The van der Waals surface area contributed by atoms with Gasteiger partial charge in [0.05, 0.1) is 18.1 Å². The molecule has 0 bridgehead atoms. The lowest BCUT2D eigenvalue weighted by Crippen LogP contribution is -2.13. The van der Waals surface area contributed by atoms with E-state index in [2.05, 4.69) is 15.4 Å². The maximum atomic E-state index is 13.7. The molecular weight excluding hydrogens is 255 g/mol. The molecule has 18 heavy (non-hydrogen) atoms. The normalized spacial score (nSPS) is 10.8. The van der Waals surface area contributed by atoms with Crippen molar-refractivity contribution in [3.8, 4) is 0 Å². The summed E-state index contributed by atoms with van der Waals surface area (Å²) in [4.78, 5) is 4.14. The van der Waals surface area contributed by atoms with Gasteiger partial charge in [0.15, 0.2) is 5.82 Å². The Hall–Kier alpha value is -1.46. The third-order valence-corrected chi connectivity index (χ3v) is 2.77. The first-order chi connectivity index (χ1) is 8.70. The van der Waals surface area contributed by atoms with Gasteiger partial charge in [-0.05, 0) is 12.6 Å². The number of benzene rings is 1. The molecule has 0 aliphatic heterocycles. The summed E-state index contributed by atoms with van der Waals surface area (Å²) < 4.78 is 15.3. The fraction of sp³-hybridized carbons (Fsp3) is 0.333. The van der Waals surface area contributed by atoms with Gasteiger partial charge in [0, 0.05) is 5.56 Å². The number of nitrogens with one attached hydrogen (secondary N) is 1.